The molecule has 1 aliphatic heterocycles. The molecule has 2 amide bonds. The van der Waals surface area contributed by atoms with Crippen molar-refractivity contribution in [3.8, 4) is 6.07 Å². The normalized spacial score (nSPS) is 14.1. The molecule has 7 nitrogen and oxygen atoms in total. The molecule has 0 unspecified atom stereocenters. The van der Waals surface area contributed by atoms with E-state index in [1.807, 2.05) is 47.4 Å². The fraction of sp³-hybridized carbons (Fsp3) is 0.375. The first-order valence-corrected chi connectivity index (χ1v) is 11.5. The van der Waals surface area contributed by atoms with Crippen molar-refractivity contribution >= 4 is 23.6 Å². The predicted octanol–water partition coefficient (Wildman–Crippen LogP) is 2.62. The van der Waals surface area contributed by atoms with Gasteiger partial charge >= 0.3 is 0 Å². The molecule has 1 fully saturated rings. The van der Waals surface area contributed by atoms with Crippen LogP contribution >= 0.6 is 11.8 Å². The Morgan fingerprint density at radius 3 is 2.47 bits per heavy atom. The summed E-state index contributed by atoms with van der Waals surface area (Å²) in [5.41, 5.74) is 1.23. The number of piperazine rings is 1. The second-order valence-electron chi connectivity index (χ2n) is 7.47. The van der Waals surface area contributed by atoms with Crippen LogP contribution in [0.3, 0.4) is 0 Å². The summed E-state index contributed by atoms with van der Waals surface area (Å²) in [6.07, 6.45) is 0.792. The number of methoxy groups -OCH3 is 1. The Morgan fingerprint density at radius 2 is 1.75 bits per heavy atom. The number of nitrogens with one attached hydrogen (secondary N) is 1. The summed E-state index contributed by atoms with van der Waals surface area (Å²) < 4.78 is 4.98. The standard InChI is InChI=1S/C24H28N4O3S/c1-31-16-6-11-26-23(29)18-27-12-14-28(15-13-27)24(30)20-8-3-5-10-22(20)32-21-9-4-2-7-19(21)17-25/h2-5,7-10H,6,11-16,18H2,1H3,(H,26,29). The molecule has 0 spiro atoms. The summed E-state index contributed by atoms with van der Waals surface area (Å²) in [6.45, 7) is 4.03. The van der Waals surface area contributed by atoms with E-state index in [2.05, 4.69) is 16.3 Å². The fourth-order valence-corrected chi connectivity index (χ4v) is 4.50. The molecule has 3 rings (SSSR count). The van der Waals surface area contributed by atoms with Crippen LogP contribution in [0.25, 0.3) is 0 Å². The number of nitrogens with zero attached hydrogens (tertiary/aromatic N) is 3. The number of carbonyl (C=O) groups excluding carboxylic acids is 2. The van der Waals surface area contributed by atoms with Gasteiger partial charge in [0, 0.05) is 56.2 Å². The molecule has 0 bridgehead atoms. The van der Waals surface area contributed by atoms with E-state index in [1.165, 1.54) is 11.8 Å². The van der Waals surface area contributed by atoms with Crippen molar-refractivity contribution in [1.82, 2.24) is 15.1 Å². The number of amides is 2. The van der Waals surface area contributed by atoms with Crippen molar-refractivity contribution in [2.45, 2.75) is 16.2 Å². The largest absolute Gasteiger partial charge is 0.385 e. The van der Waals surface area contributed by atoms with Crippen molar-refractivity contribution in [2.75, 3.05) is 53.0 Å². The lowest BCUT2D eigenvalue weighted by Gasteiger charge is -2.34. The summed E-state index contributed by atoms with van der Waals surface area (Å²) in [6, 6.07) is 17.1. The third kappa shape index (κ3) is 6.57. The summed E-state index contributed by atoms with van der Waals surface area (Å²) in [4.78, 5) is 30.9. The molecule has 168 valence electrons. The topological polar surface area (TPSA) is 85.7 Å². The van der Waals surface area contributed by atoms with Crippen molar-refractivity contribution < 1.29 is 14.3 Å². The van der Waals surface area contributed by atoms with Crippen LogP contribution in [0.5, 0.6) is 0 Å². The van der Waals surface area contributed by atoms with Gasteiger partial charge in [-0.15, -0.1) is 0 Å². The zero-order valence-corrected chi connectivity index (χ0v) is 19.1. The highest BCUT2D eigenvalue weighted by atomic mass is 32.2. The van der Waals surface area contributed by atoms with Gasteiger partial charge in [0.25, 0.3) is 5.91 Å². The molecule has 2 aromatic rings. The molecule has 1 aliphatic rings. The van der Waals surface area contributed by atoms with Crippen LogP contribution in [0.1, 0.15) is 22.3 Å². The molecule has 0 aliphatic carbocycles. The Morgan fingerprint density at radius 1 is 1.06 bits per heavy atom. The highest BCUT2D eigenvalue weighted by Gasteiger charge is 2.25. The lowest BCUT2D eigenvalue weighted by atomic mass is 10.2. The smallest absolute Gasteiger partial charge is 0.255 e. The number of nitriles is 1. The molecule has 0 aromatic heterocycles. The number of hydrogen-bond acceptors (Lipinski definition) is 6. The van der Waals surface area contributed by atoms with Gasteiger partial charge in [0.15, 0.2) is 0 Å². The Labute approximate surface area is 193 Å². The van der Waals surface area contributed by atoms with Crippen LogP contribution in [0.4, 0.5) is 0 Å². The maximum atomic E-state index is 13.2. The molecular formula is C24H28N4O3S. The van der Waals surface area contributed by atoms with Gasteiger partial charge in [-0.3, -0.25) is 14.5 Å². The maximum absolute atomic E-state index is 13.2. The molecule has 0 saturated carbocycles. The lowest BCUT2D eigenvalue weighted by Crippen LogP contribution is -2.51. The van der Waals surface area contributed by atoms with E-state index in [-0.39, 0.29) is 11.8 Å². The van der Waals surface area contributed by atoms with Gasteiger partial charge in [0.2, 0.25) is 5.91 Å². The average molecular weight is 453 g/mol. The minimum absolute atomic E-state index is 0.00113. The summed E-state index contributed by atoms with van der Waals surface area (Å²) >= 11 is 1.44. The van der Waals surface area contributed by atoms with Crippen LogP contribution in [0, 0.1) is 11.3 Å². The van der Waals surface area contributed by atoms with Gasteiger partial charge in [-0.05, 0) is 30.7 Å². The van der Waals surface area contributed by atoms with E-state index < -0.39 is 0 Å². The quantitative estimate of drug-likeness (QED) is 0.589. The first-order chi connectivity index (χ1) is 15.6. The van der Waals surface area contributed by atoms with E-state index in [0.29, 0.717) is 57.0 Å². The zero-order chi connectivity index (χ0) is 22.8. The fourth-order valence-electron chi connectivity index (χ4n) is 3.48. The Hall–Kier alpha value is -2.86. The molecule has 1 N–H and O–H groups in total. The van der Waals surface area contributed by atoms with Crippen molar-refractivity contribution in [3.63, 3.8) is 0 Å². The molecular weight excluding hydrogens is 424 g/mol. The second kappa shape index (κ2) is 12.2. The van der Waals surface area contributed by atoms with E-state index in [9.17, 15) is 14.9 Å². The van der Waals surface area contributed by atoms with Crippen molar-refractivity contribution in [2.24, 2.45) is 0 Å². The van der Waals surface area contributed by atoms with Crippen molar-refractivity contribution in [1.29, 1.82) is 5.26 Å². The van der Waals surface area contributed by atoms with Gasteiger partial charge in [-0.1, -0.05) is 36.0 Å². The maximum Gasteiger partial charge on any atom is 0.255 e. The van der Waals surface area contributed by atoms with E-state index in [4.69, 9.17) is 4.74 Å². The number of carbonyl (C=O) groups is 2. The lowest BCUT2D eigenvalue weighted by molar-refractivity contribution is -0.122. The highest BCUT2D eigenvalue weighted by Crippen LogP contribution is 2.33. The van der Waals surface area contributed by atoms with Gasteiger partial charge in [-0.2, -0.15) is 5.26 Å². The van der Waals surface area contributed by atoms with Crippen molar-refractivity contribution in [3.05, 3.63) is 59.7 Å². The third-order valence-corrected chi connectivity index (χ3v) is 6.37. The minimum atomic E-state index is -0.0220. The van der Waals surface area contributed by atoms with E-state index >= 15 is 0 Å². The Kier molecular flexibility index (Phi) is 9.11. The third-order valence-electron chi connectivity index (χ3n) is 5.22. The number of hydrogen-bond donors (Lipinski definition) is 1. The monoisotopic (exact) mass is 452 g/mol. The number of ether oxygens (including phenoxy) is 1. The SMILES string of the molecule is COCCCNC(=O)CN1CCN(C(=O)c2ccccc2Sc2ccccc2C#N)CC1. The molecule has 8 heteroatoms. The molecule has 2 aromatic carbocycles. The average Bonchev–Trinajstić information content (AvgIpc) is 2.82. The Balaban J connectivity index is 1.57. The van der Waals surface area contributed by atoms with Gasteiger partial charge < -0.3 is 15.0 Å². The first-order valence-electron chi connectivity index (χ1n) is 10.7. The minimum Gasteiger partial charge on any atom is -0.385 e. The number of rotatable bonds is 9. The Bertz CT molecular complexity index is 968. The van der Waals surface area contributed by atoms with Gasteiger partial charge in [0.1, 0.15) is 6.07 Å². The summed E-state index contributed by atoms with van der Waals surface area (Å²) in [7, 11) is 1.64. The molecule has 32 heavy (non-hydrogen) atoms. The predicted molar refractivity (Wildman–Crippen MR) is 124 cm³/mol. The van der Waals surface area contributed by atoms with E-state index in [1.54, 1.807) is 13.2 Å². The molecule has 0 atom stereocenters. The second-order valence-corrected chi connectivity index (χ2v) is 8.55. The van der Waals surface area contributed by atoms with Gasteiger partial charge in [0.05, 0.1) is 17.7 Å². The molecule has 1 saturated heterocycles. The molecule has 1 heterocycles. The van der Waals surface area contributed by atoms with Crippen LogP contribution in [-0.4, -0.2) is 74.6 Å². The van der Waals surface area contributed by atoms with Crippen LogP contribution in [0.15, 0.2) is 58.3 Å². The number of benzene rings is 2. The summed E-state index contributed by atoms with van der Waals surface area (Å²) in [5.74, 6) is -0.0232. The van der Waals surface area contributed by atoms with Gasteiger partial charge in [-0.25, -0.2) is 0 Å². The van der Waals surface area contributed by atoms with Crippen LogP contribution in [-0.2, 0) is 9.53 Å². The van der Waals surface area contributed by atoms with E-state index in [0.717, 1.165) is 16.2 Å². The molecule has 0 radical (unpaired) electrons. The highest BCUT2D eigenvalue weighted by molar-refractivity contribution is 7.99. The van der Waals surface area contributed by atoms with Crippen LogP contribution in [0.2, 0.25) is 0 Å². The zero-order valence-electron chi connectivity index (χ0n) is 18.3. The first kappa shape index (κ1) is 23.8. The van der Waals surface area contributed by atoms with Crippen LogP contribution < -0.4 is 5.32 Å². The summed E-state index contributed by atoms with van der Waals surface area (Å²) in [5, 5.41) is 12.3.